The summed E-state index contributed by atoms with van der Waals surface area (Å²) in [4.78, 5) is 0. The molecule has 8 N–H and O–H groups in total. The van der Waals surface area contributed by atoms with Crippen LogP contribution in [0.15, 0.2) is 0 Å². The number of unbranched alkanes of at least 4 members (excludes halogenated alkanes) is 4. The standard InChI is InChI=1S/4C4H11N.B/c4*1-2-3-4-5;/h4*2-5H2,1H3;. The molecule has 21 heavy (non-hydrogen) atoms. The van der Waals surface area contributed by atoms with Gasteiger partial charge in [0.25, 0.3) is 0 Å². The molecule has 5 heteroatoms. The molecule has 3 radical (unpaired) electrons. The molecule has 0 aliphatic heterocycles. The molecule has 0 aliphatic carbocycles. The monoisotopic (exact) mass is 303 g/mol. The van der Waals surface area contributed by atoms with Crippen LogP contribution in [-0.2, 0) is 0 Å². The van der Waals surface area contributed by atoms with Gasteiger partial charge in [0.2, 0.25) is 0 Å². The summed E-state index contributed by atoms with van der Waals surface area (Å²) in [6, 6.07) is 0. The van der Waals surface area contributed by atoms with Gasteiger partial charge in [0, 0.05) is 8.41 Å². The van der Waals surface area contributed by atoms with Crippen LogP contribution < -0.4 is 22.9 Å². The number of hydrogen-bond acceptors (Lipinski definition) is 4. The summed E-state index contributed by atoms with van der Waals surface area (Å²) in [5.74, 6) is 0. The van der Waals surface area contributed by atoms with Crippen LogP contribution in [0.3, 0.4) is 0 Å². The highest BCUT2D eigenvalue weighted by Crippen LogP contribution is 1.78. The van der Waals surface area contributed by atoms with Crippen molar-refractivity contribution in [1.29, 1.82) is 0 Å². The molecule has 0 aromatic rings. The van der Waals surface area contributed by atoms with Crippen LogP contribution in [0.2, 0.25) is 0 Å². The molecule has 0 saturated carbocycles. The lowest BCUT2D eigenvalue weighted by atomic mass is 10.3. The third-order valence-electron chi connectivity index (χ3n) is 2.23. The van der Waals surface area contributed by atoms with Gasteiger partial charge in [0.1, 0.15) is 0 Å². The lowest BCUT2D eigenvalue weighted by molar-refractivity contribution is 0.807. The molecule has 0 heterocycles. The van der Waals surface area contributed by atoms with Crippen LogP contribution in [-0.4, -0.2) is 34.6 Å². The molecule has 4 nitrogen and oxygen atoms in total. The summed E-state index contributed by atoms with van der Waals surface area (Å²) in [5.41, 5.74) is 20.6. The summed E-state index contributed by atoms with van der Waals surface area (Å²) >= 11 is 0. The molecule has 131 valence electrons. The normalized spacial score (nSPS) is 8.00. The van der Waals surface area contributed by atoms with Crippen molar-refractivity contribution in [1.82, 2.24) is 0 Å². The molecule has 0 spiro atoms. The zero-order valence-corrected chi connectivity index (χ0v) is 15.4. The van der Waals surface area contributed by atoms with E-state index in [1.165, 1.54) is 51.4 Å². The zero-order chi connectivity index (χ0) is 16.5. The van der Waals surface area contributed by atoms with Crippen LogP contribution in [0.5, 0.6) is 0 Å². The topological polar surface area (TPSA) is 104 Å². The molecular formula is C16H44BN4. The summed E-state index contributed by atoms with van der Waals surface area (Å²) in [6.45, 7) is 11.9. The van der Waals surface area contributed by atoms with Gasteiger partial charge in [-0.3, -0.25) is 0 Å². The Morgan fingerprint density at radius 3 is 0.571 bits per heavy atom. The van der Waals surface area contributed by atoms with E-state index in [4.69, 9.17) is 22.9 Å². The van der Waals surface area contributed by atoms with Crippen molar-refractivity contribution in [3.8, 4) is 0 Å². The van der Waals surface area contributed by atoms with Gasteiger partial charge in [-0.2, -0.15) is 0 Å². The van der Waals surface area contributed by atoms with E-state index in [2.05, 4.69) is 27.7 Å². The molecule has 0 atom stereocenters. The van der Waals surface area contributed by atoms with Crippen LogP contribution in [0.1, 0.15) is 79.1 Å². The quantitative estimate of drug-likeness (QED) is 0.517. The van der Waals surface area contributed by atoms with Crippen molar-refractivity contribution in [2.45, 2.75) is 79.1 Å². The molecule has 0 aliphatic rings. The van der Waals surface area contributed by atoms with Crippen LogP contribution in [0.4, 0.5) is 0 Å². The second kappa shape index (κ2) is 50.2. The average molecular weight is 303 g/mol. The van der Waals surface area contributed by atoms with Crippen LogP contribution in [0, 0.1) is 0 Å². The van der Waals surface area contributed by atoms with Gasteiger partial charge in [-0.05, 0) is 51.9 Å². The Morgan fingerprint density at radius 2 is 0.571 bits per heavy atom. The van der Waals surface area contributed by atoms with Gasteiger partial charge in [0.05, 0.1) is 0 Å². The molecule has 0 saturated heterocycles. The van der Waals surface area contributed by atoms with Gasteiger partial charge < -0.3 is 22.9 Å². The molecule has 0 unspecified atom stereocenters. The largest absolute Gasteiger partial charge is 0.330 e. The van der Waals surface area contributed by atoms with Gasteiger partial charge in [0.15, 0.2) is 0 Å². The molecule has 0 bridgehead atoms. The maximum atomic E-state index is 5.14. The minimum Gasteiger partial charge on any atom is -0.330 e. The first-order valence-electron chi connectivity index (χ1n) is 8.46. The van der Waals surface area contributed by atoms with Crippen molar-refractivity contribution in [2.24, 2.45) is 22.9 Å². The first kappa shape index (κ1) is 32.7. The molecular weight excluding hydrogens is 259 g/mol. The Bertz CT molecular complexity index is 74.3. The van der Waals surface area contributed by atoms with E-state index in [1.807, 2.05) is 0 Å². The highest BCUT2D eigenvalue weighted by Gasteiger charge is 1.69. The molecule has 0 aromatic heterocycles. The van der Waals surface area contributed by atoms with Crippen molar-refractivity contribution >= 4 is 8.41 Å². The van der Waals surface area contributed by atoms with Gasteiger partial charge in [-0.15, -0.1) is 0 Å². The van der Waals surface area contributed by atoms with Crippen molar-refractivity contribution < 1.29 is 0 Å². The Hall–Kier alpha value is -0.0951. The third-order valence-corrected chi connectivity index (χ3v) is 2.23. The van der Waals surface area contributed by atoms with E-state index in [0.29, 0.717) is 0 Å². The van der Waals surface area contributed by atoms with Gasteiger partial charge >= 0.3 is 0 Å². The van der Waals surface area contributed by atoms with E-state index in [1.54, 1.807) is 0 Å². The fraction of sp³-hybridized carbons (Fsp3) is 1.00. The maximum absolute atomic E-state index is 5.14. The SMILES string of the molecule is CCCCN.CCCCN.CCCCN.CCCCN.[B]. The van der Waals surface area contributed by atoms with Crippen molar-refractivity contribution in [3.63, 3.8) is 0 Å². The predicted octanol–water partition coefficient (Wildman–Crippen LogP) is 2.60. The smallest absolute Gasteiger partial charge is 0 e. The first-order valence-corrected chi connectivity index (χ1v) is 8.46. The van der Waals surface area contributed by atoms with Crippen LogP contribution in [0.25, 0.3) is 0 Å². The van der Waals surface area contributed by atoms with E-state index in [9.17, 15) is 0 Å². The second-order valence-corrected chi connectivity index (χ2v) is 4.57. The fourth-order valence-corrected chi connectivity index (χ4v) is 0.816. The lowest BCUT2D eigenvalue weighted by Gasteiger charge is -1.80. The van der Waals surface area contributed by atoms with E-state index >= 15 is 0 Å². The summed E-state index contributed by atoms with van der Waals surface area (Å²) < 4.78 is 0. The molecule has 0 amide bonds. The van der Waals surface area contributed by atoms with Crippen LogP contribution >= 0.6 is 0 Å². The highest BCUT2D eigenvalue weighted by atomic mass is 14.5. The highest BCUT2D eigenvalue weighted by molar-refractivity contribution is 5.75. The first-order chi connectivity index (χ1) is 9.66. The van der Waals surface area contributed by atoms with Crippen molar-refractivity contribution in [3.05, 3.63) is 0 Å². The van der Waals surface area contributed by atoms with Gasteiger partial charge in [-0.1, -0.05) is 53.4 Å². The van der Waals surface area contributed by atoms with Crippen molar-refractivity contribution in [2.75, 3.05) is 26.2 Å². The van der Waals surface area contributed by atoms with E-state index in [-0.39, 0.29) is 8.41 Å². The minimum atomic E-state index is 0. The summed E-state index contributed by atoms with van der Waals surface area (Å²) in [5, 5.41) is 0. The number of hydrogen-bond donors (Lipinski definition) is 4. The Kier molecular flexibility index (Phi) is 78.3. The van der Waals surface area contributed by atoms with E-state index in [0.717, 1.165) is 26.2 Å². The average Bonchev–Trinajstić information content (AvgIpc) is 2.44. The third kappa shape index (κ3) is 102. The maximum Gasteiger partial charge on any atom is 0 e. The van der Waals surface area contributed by atoms with Gasteiger partial charge in [-0.25, -0.2) is 0 Å². The zero-order valence-electron chi connectivity index (χ0n) is 15.4. The molecule has 0 aromatic carbocycles. The summed E-state index contributed by atoms with van der Waals surface area (Å²) in [7, 11) is 0. The summed E-state index contributed by atoms with van der Waals surface area (Å²) in [6.07, 6.45) is 9.54. The Balaban J connectivity index is -0.0000000533. The predicted molar refractivity (Wildman–Crippen MR) is 102 cm³/mol. The minimum absolute atomic E-state index is 0. The molecule has 0 fully saturated rings. The Morgan fingerprint density at radius 1 is 0.429 bits per heavy atom. The number of rotatable bonds is 8. The lowest BCUT2D eigenvalue weighted by Crippen LogP contribution is -1.95. The Labute approximate surface area is 137 Å². The van der Waals surface area contributed by atoms with E-state index < -0.39 is 0 Å². The fourth-order valence-electron chi connectivity index (χ4n) is 0.816. The number of nitrogens with two attached hydrogens (primary N) is 4. The molecule has 0 rings (SSSR count). The second-order valence-electron chi connectivity index (χ2n) is 4.57.